The zero-order valence-electron chi connectivity index (χ0n) is 21.1. The van der Waals surface area contributed by atoms with Crippen molar-refractivity contribution in [2.24, 2.45) is 0 Å². The number of pyridine rings is 2. The molecule has 1 aliphatic rings. The molecule has 5 heterocycles. The van der Waals surface area contributed by atoms with Crippen LogP contribution in [0.2, 0.25) is 0 Å². The van der Waals surface area contributed by atoms with Crippen LogP contribution < -0.4 is 10.2 Å². The van der Waals surface area contributed by atoms with Crippen molar-refractivity contribution in [1.82, 2.24) is 29.8 Å². The molecule has 38 heavy (non-hydrogen) atoms. The van der Waals surface area contributed by atoms with Crippen LogP contribution in [0, 0.1) is 11.3 Å². The van der Waals surface area contributed by atoms with Crippen molar-refractivity contribution < 1.29 is 13.2 Å². The Hall–Kier alpha value is -4.24. The number of H-pyrrole nitrogens is 1. The lowest BCUT2D eigenvalue weighted by atomic mass is 10.1. The summed E-state index contributed by atoms with van der Waals surface area (Å²) in [6, 6.07) is 7.31. The van der Waals surface area contributed by atoms with Crippen molar-refractivity contribution in [1.29, 1.82) is 5.26 Å². The van der Waals surface area contributed by atoms with E-state index >= 15 is 0 Å². The van der Waals surface area contributed by atoms with Crippen LogP contribution in [0.4, 0.5) is 24.9 Å². The molecule has 0 aromatic carbocycles. The molecule has 0 aliphatic carbocycles. The minimum absolute atomic E-state index is 0.133. The first-order valence-electron chi connectivity index (χ1n) is 12.1. The predicted octanol–water partition coefficient (Wildman–Crippen LogP) is 4.62. The molecule has 0 radical (unpaired) electrons. The smallest absolute Gasteiger partial charge is 0.355 e. The molecule has 196 valence electrons. The monoisotopic (exact) mass is 521 g/mol. The maximum Gasteiger partial charge on any atom is 0.417 e. The fourth-order valence-corrected chi connectivity index (χ4v) is 4.58. The van der Waals surface area contributed by atoms with Crippen molar-refractivity contribution in [2.45, 2.75) is 31.6 Å². The largest absolute Gasteiger partial charge is 0.417 e. The summed E-state index contributed by atoms with van der Waals surface area (Å²) in [5.74, 6) is 1.16. The second kappa shape index (κ2) is 9.90. The molecule has 0 amide bonds. The number of fused-ring (bicyclic) bond motifs is 1. The van der Waals surface area contributed by atoms with E-state index < -0.39 is 11.7 Å². The Kier molecular flexibility index (Phi) is 6.62. The third-order valence-electron chi connectivity index (χ3n) is 6.86. The van der Waals surface area contributed by atoms with Gasteiger partial charge in [0.25, 0.3) is 0 Å². The van der Waals surface area contributed by atoms with Gasteiger partial charge >= 0.3 is 6.18 Å². The zero-order valence-corrected chi connectivity index (χ0v) is 21.1. The Bertz CT molecular complexity index is 1490. The molecule has 1 saturated heterocycles. The molecule has 0 saturated carbocycles. The number of anilines is 2. The van der Waals surface area contributed by atoms with E-state index in [4.69, 9.17) is 0 Å². The number of hydrogen-bond donors (Lipinski definition) is 2. The molecule has 1 fully saturated rings. The van der Waals surface area contributed by atoms with E-state index in [1.165, 1.54) is 12.4 Å². The molecule has 0 bridgehead atoms. The van der Waals surface area contributed by atoms with Gasteiger partial charge in [-0.05, 0) is 45.1 Å². The van der Waals surface area contributed by atoms with Gasteiger partial charge in [-0.15, -0.1) is 0 Å². The van der Waals surface area contributed by atoms with Gasteiger partial charge in [-0.3, -0.25) is 0 Å². The van der Waals surface area contributed by atoms with Gasteiger partial charge in [-0.2, -0.15) is 18.4 Å². The first-order valence-corrected chi connectivity index (χ1v) is 12.1. The second-order valence-electron chi connectivity index (χ2n) is 9.56. The zero-order chi connectivity index (χ0) is 27.0. The van der Waals surface area contributed by atoms with Gasteiger partial charge in [0.05, 0.1) is 29.1 Å². The van der Waals surface area contributed by atoms with Crippen LogP contribution >= 0.6 is 0 Å². The average Bonchev–Trinajstić information content (AvgIpc) is 3.56. The fourth-order valence-electron chi connectivity index (χ4n) is 4.58. The summed E-state index contributed by atoms with van der Waals surface area (Å²) in [6.45, 7) is 3.82. The van der Waals surface area contributed by atoms with Crippen LogP contribution in [0.15, 0.2) is 43.0 Å². The predicted molar refractivity (Wildman–Crippen MR) is 137 cm³/mol. The van der Waals surface area contributed by atoms with Gasteiger partial charge in [0.2, 0.25) is 5.95 Å². The molecule has 0 spiro atoms. The van der Waals surface area contributed by atoms with Crippen molar-refractivity contribution in [3.8, 4) is 17.3 Å². The van der Waals surface area contributed by atoms with Crippen molar-refractivity contribution in [3.63, 3.8) is 0 Å². The summed E-state index contributed by atoms with van der Waals surface area (Å²) in [5.41, 5.74) is 0.974. The highest BCUT2D eigenvalue weighted by atomic mass is 19.4. The average molecular weight is 522 g/mol. The van der Waals surface area contributed by atoms with Crippen LogP contribution in [0.1, 0.15) is 36.1 Å². The SMILES string of the molecule is CC(Nc1ncc(C#N)c(-c2c[nH]c3ncc(C(F)(F)F)cc23)n1)c1ccc(N2CC[C@H](N(C)C)C2)nc1. The molecule has 1 unspecified atom stereocenters. The molecule has 4 aromatic heterocycles. The number of aromatic nitrogens is 5. The van der Waals surface area contributed by atoms with Crippen LogP contribution in [-0.4, -0.2) is 63.0 Å². The van der Waals surface area contributed by atoms with Crippen LogP contribution in [-0.2, 0) is 6.18 Å². The van der Waals surface area contributed by atoms with Crippen LogP contribution in [0.3, 0.4) is 0 Å². The summed E-state index contributed by atoms with van der Waals surface area (Å²) in [6.07, 6.45) is 1.98. The van der Waals surface area contributed by atoms with Gasteiger partial charge in [0.15, 0.2) is 0 Å². The van der Waals surface area contributed by atoms with E-state index in [0.717, 1.165) is 43.2 Å². The quantitative estimate of drug-likeness (QED) is 0.378. The highest BCUT2D eigenvalue weighted by Crippen LogP contribution is 2.35. The van der Waals surface area contributed by atoms with Gasteiger partial charge in [0, 0.05) is 48.7 Å². The molecular weight excluding hydrogens is 495 g/mol. The molecule has 12 heteroatoms. The van der Waals surface area contributed by atoms with E-state index in [0.29, 0.717) is 11.6 Å². The lowest BCUT2D eigenvalue weighted by molar-refractivity contribution is -0.137. The summed E-state index contributed by atoms with van der Waals surface area (Å²) in [5, 5.41) is 13.0. The van der Waals surface area contributed by atoms with Crippen molar-refractivity contribution >= 4 is 22.8 Å². The summed E-state index contributed by atoms with van der Waals surface area (Å²) < 4.78 is 39.9. The number of alkyl halides is 3. The first-order chi connectivity index (χ1) is 18.1. The van der Waals surface area contributed by atoms with E-state index in [9.17, 15) is 18.4 Å². The number of rotatable bonds is 6. The third-order valence-corrected chi connectivity index (χ3v) is 6.86. The van der Waals surface area contributed by atoms with Crippen molar-refractivity contribution in [2.75, 3.05) is 37.4 Å². The minimum atomic E-state index is -4.55. The summed E-state index contributed by atoms with van der Waals surface area (Å²) in [4.78, 5) is 24.6. The number of nitrogens with zero attached hydrogens (tertiary/aromatic N) is 7. The summed E-state index contributed by atoms with van der Waals surface area (Å²) in [7, 11) is 4.17. The summed E-state index contributed by atoms with van der Waals surface area (Å²) >= 11 is 0. The molecule has 1 aliphatic heterocycles. The third kappa shape index (κ3) is 4.97. The maximum absolute atomic E-state index is 13.3. The number of hydrogen-bond acceptors (Lipinski definition) is 8. The first kappa shape index (κ1) is 25.4. The highest BCUT2D eigenvalue weighted by Gasteiger charge is 2.32. The fraction of sp³-hybridized carbons (Fsp3) is 0.346. The number of nitrogens with one attached hydrogen (secondary N) is 2. The Morgan fingerprint density at radius 2 is 2.00 bits per heavy atom. The lowest BCUT2D eigenvalue weighted by Gasteiger charge is -2.21. The Labute approximate surface area is 217 Å². The minimum Gasteiger partial charge on any atom is -0.355 e. The Morgan fingerprint density at radius 1 is 1.18 bits per heavy atom. The van der Waals surface area contributed by atoms with Crippen LogP contribution in [0.25, 0.3) is 22.3 Å². The van der Waals surface area contributed by atoms with E-state index in [1.807, 2.05) is 31.3 Å². The number of likely N-dealkylation sites (N-methyl/N-ethyl adjacent to an activating group) is 1. The topological polar surface area (TPSA) is 110 Å². The number of aromatic amines is 1. The number of nitriles is 1. The van der Waals surface area contributed by atoms with Crippen LogP contribution in [0.5, 0.6) is 0 Å². The highest BCUT2D eigenvalue weighted by molar-refractivity contribution is 5.94. The van der Waals surface area contributed by atoms with Gasteiger partial charge in [-0.25, -0.2) is 19.9 Å². The Morgan fingerprint density at radius 3 is 2.66 bits per heavy atom. The molecule has 2 atom stereocenters. The standard InChI is InChI=1S/C26H26F3N9/c1-15(16-4-5-22(31-10-16)38-7-6-19(14-38)37(2)3)35-25-34-11-17(9-30)23(36-25)21-13-33-24-20(21)8-18(12-32-24)26(27,28)29/h4-5,8,10-13,15,19H,6-7,14H2,1-3H3,(H,32,33)(H,34,35,36)/t15?,19-/m0/s1. The van der Waals surface area contributed by atoms with Gasteiger partial charge < -0.3 is 20.1 Å². The lowest BCUT2D eigenvalue weighted by Crippen LogP contribution is -2.31. The van der Waals surface area contributed by atoms with Crippen molar-refractivity contribution in [3.05, 3.63) is 59.7 Å². The Balaban J connectivity index is 1.38. The molecule has 2 N–H and O–H groups in total. The molecule has 4 aromatic rings. The van der Waals surface area contributed by atoms with Gasteiger partial charge in [0.1, 0.15) is 17.5 Å². The van der Waals surface area contributed by atoms with Gasteiger partial charge in [-0.1, -0.05) is 6.07 Å². The van der Waals surface area contributed by atoms with E-state index in [2.05, 4.69) is 54.1 Å². The van der Waals surface area contributed by atoms with E-state index in [1.54, 1.807) is 0 Å². The number of halogens is 3. The molecule has 5 rings (SSSR count). The van der Waals surface area contributed by atoms with E-state index in [-0.39, 0.29) is 34.3 Å². The maximum atomic E-state index is 13.3. The molecular formula is C26H26F3N9. The molecule has 9 nitrogen and oxygen atoms in total. The normalized spacial score (nSPS) is 16.7. The second-order valence-corrected chi connectivity index (χ2v) is 9.56.